The Morgan fingerprint density at radius 3 is 1.31 bits per heavy atom. The van der Waals surface area contributed by atoms with Gasteiger partial charge in [0.1, 0.15) is 0 Å². The number of hydrogen-bond acceptors (Lipinski definition) is 0. The molecule has 2 unspecified atom stereocenters. The van der Waals surface area contributed by atoms with Crippen LogP contribution in [-0.4, -0.2) is 5.92 Å². The summed E-state index contributed by atoms with van der Waals surface area (Å²) in [5.41, 5.74) is 12.2. The van der Waals surface area contributed by atoms with Gasteiger partial charge in [-0.2, -0.15) is 0 Å². The number of rotatable bonds is 7. The van der Waals surface area contributed by atoms with Gasteiger partial charge >= 0.3 is 272 Å². The summed E-state index contributed by atoms with van der Waals surface area (Å²) in [5.74, 6) is -1.64. The van der Waals surface area contributed by atoms with Crippen LogP contribution in [0, 0.1) is 0 Å². The van der Waals surface area contributed by atoms with E-state index in [0.29, 0.717) is 0 Å². The number of hydrogen-bond donors (Lipinski definition) is 0. The molecular weight excluding hydrogens is 694 g/mol. The van der Waals surface area contributed by atoms with E-state index in [1.54, 1.807) is 0 Å². The first kappa shape index (κ1) is 30.6. The van der Waals surface area contributed by atoms with Gasteiger partial charge in [0.25, 0.3) is 0 Å². The summed E-state index contributed by atoms with van der Waals surface area (Å²) in [6.45, 7) is 9.30. The summed E-state index contributed by atoms with van der Waals surface area (Å²) in [6.07, 6.45) is 6.60. The second kappa shape index (κ2) is 11.5. The van der Waals surface area contributed by atoms with Crippen molar-refractivity contribution in [3.63, 3.8) is 0 Å². The van der Waals surface area contributed by atoms with Crippen molar-refractivity contribution >= 4 is 58.3 Å². The zero-order valence-corrected chi connectivity index (χ0v) is 31.0. The molecule has 0 amide bonds. The Morgan fingerprint density at radius 2 is 0.952 bits per heavy atom. The Labute approximate surface area is 269 Å². The van der Waals surface area contributed by atoms with E-state index in [1.165, 1.54) is 33.4 Å². The minimum atomic E-state index is -4.81. The zero-order valence-electron chi connectivity index (χ0n) is 24.4. The van der Waals surface area contributed by atoms with Gasteiger partial charge in [0.05, 0.1) is 0 Å². The van der Waals surface area contributed by atoms with Crippen LogP contribution < -0.4 is 0 Å². The number of allylic oxidation sites excluding steroid dienone is 2. The van der Waals surface area contributed by atoms with E-state index in [1.807, 2.05) is 24.3 Å². The van der Waals surface area contributed by atoms with E-state index < -0.39 is 21.5 Å². The molecule has 0 spiro atoms. The molecule has 0 heterocycles. The van der Waals surface area contributed by atoms with Gasteiger partial charge in [-0.25, -0.2) is 0 Å². The Hall–Kier alpha value is -1.38. The molecule has 215 valence electrons. The van der Waals surface area contributed by atoms with Gasteiger partial charge in [-0.3, -0.25) is 0 Å². The van der Waals surface area contributed by atoms with Crippen molar-refractivity contribution in [2.45, 2.75) is 47.0 Å². The molecule has 0 saturated heterocycles. The van der Waals surface area contributed by atoms with Crippen molar-refractivity contribution in [1.82, 2.24) is 0 Å². The summed E-state index contributed by atoms with van der Waals surface area (Å²) in [6, 6.07) is 29.5. The van der Waals surface area contributed by atoms with E-state index in [-0.39, 0.29) is 7.25 Å². The van der Waals surface area contributed by atoms with Crippen molar-refractivity contribution in [3.8, 4) is 22.3 Å². The van der Waals surface area contributed by atoms with Gasteiger partial charge in [0.2, 0.25) is 0 Å². The quantitative estimate of drug-likeness (QED) is 0.166. The zero-order chi connectivity index (χ0) is 29.8. The molecule has 2 aliphatic carbocycles. The molecule has 2 aliphatic rings. The van der Waals surface area contributed by atoms with Gasteiger partial charge < -0.3 is 0 Å². The van der Waals surface area contributed by atoms with Crippen LogP contribution in [0.2, 0.25) is 23.1 Å². The molecule has 0 fully saturated rings. The summed E-state index contributed by atoms with van der Waals surface area (Å²) in [4.78, 5) is 0. The van der Waals surface area contributed by atoms with Crippen molar-refractivity contribution in [2.24, 2.45) is 0 Å². The van der Waals surface area contributed by atoms with E-state index in [4.69, 9.17) is 40.2 Å². The third kappa shape index (κ3) is 4.63. The van der Waals surface area contributed by atoms with Gasteiger partial charge in [-0.05, 0) is 0 Å². The Kier molecular flexibility index (Phi) is 8.40. The molecular formula is C36H35Cl4SiZr. The molecule has 0 radical (unpaired) electrons. The molecule has 6 heteroatoms. The maximum absolute atomic E-state index is 8.51. The van der Waals surface area contributed by atoms with Crippen LogP contribution in [0.1, 0.15) is 56.2 Å². The number of halogens is 4. The monoisotopic (exact) mass is 725 g/mol. The molecule has 2 atom stereocenters. The fourth-order valence-electron chi connectivity index (χ4n) is 7.51. The number of benzene rings is 4. The summed E-state index contributed by atoms with van der Waals surface area (Å²) >= 11 is 8.67. The molecule has 0 nitrogen and oxygen atoms in total. The van der Waals surface area contributed by atoms with E-state index in [9.17, 15) is 0 Å². The minimum absolute atomic E-state index is 0.0544. The summed E-state index contributed by atoms with van der Waals surface area (Å²) in [7, 11) is 17.0. The topological polar surface area (TPSA) is 0 Å². The van der Waals surface area contributed by atoms with Crippen LogP contribution in [0.4, 0.5) is 0 Å². The van der Waals surface area contributed by atoms with Gasteiger partial charge in [0, 0.05) is 0 Å². The van der Waals surface area contributed by atoms with Crippen LogP contribution >= 0.6 is 40.2 Å². The van der Waals surface area contributed by atoms with Crippen LogP contribution in [0.3, 0.4) is 0 Å². The van der Waals surface area contributed by atoms with Gasteiger partial charge in [-0.15, -0.1) is 0 Å². The Bertz CT molecular complexity index is 1650. The molecule has 6 rings (SSSR count). The van der Waals surface area contributed by atoms with Crippen LogP contribution in [0.5, 0.6) is 0 Å². The van der Waals surface area contributed by atoms with Crippen molar-refractivity contribution in [2.75, 3.05) is 0 Å². The molecule has 4 aromatic rings. The maximum atomic E-state index is 8.51. The third-order valence-corrected chi connectivity index (χ3v) is 62.2. The van der Waals surface area contributed by atoms with Crippen molar-refractivity contribution in [3.05, 3.63) is 128 Å². The second-order valence-corrected chi connectivity index (χ2v) is 55.3. The Balaban J connectivity index is 1.60. The molecule has 4 aromatic carbocycles. The van der Waals surface area contributed by atoms with E-state index in [2.05, 4.69) is 99.8 Å². The standard InChI is InChI=1S/2C17H14Cl.C2H7Si.2ClH.Zr/c2*1-2-12-10-13-6-5-8-14(16(13)11-12)15-7-3-4-9-17(15)18;1-3-2;;;/h2*3-11H,2H2,1H3;3H,1-2H3;2*1H;/q;;;;;+2/p-2. The van der Waals surface area contributed by atoms with Gasteiger partial charge in [-0.1, -0.05) is 0 Å². The summed E-state index contributed by atoms with van der Waals surface area (Å²) in [5, 5.41) is 1.52. The molecule has 0 aromatic heterocycles. The van der Waals surface area contributed by atoms with Crippen molar-refractivity contribution < 1.29 is 15.6 Å². The van der Waals surface area contributed by atoms with Crippen LogP contribution in [0.25, 0.3) is 34.4 Å². The number of fused-ring (bicyclic) bond motifs is 2. The predicted molar refractivity (Wildman–Crippen MR) is 186 cm³/mol. The van der Waals surface area contributed by atoms with Crippen molar-refractivity contribution in [1.29, 1.82) is 0 Å². The molecule has 0 aliphatic heterocycles. The van der Waals surface area contributed by atoms with Gasteiger partial charge in [0.15, 0.2) is 0 Å². The predicted octanol–water partition coefficient (Wildman–Crippen LogP) is 12.7. The molecule has 0 N–H and O–H groups in total. The fourth-order valence-corrected chi connectivity index (χ4v) is 39.8. The second-order valence-electron chi connectivity index (χ2n) is 12.0. The first-order valence-electron chi connectivity index (χ1n) is 14.9. The molecule has 42 heavy (non-hydrogen) atoms. The van der Waals surface area contributed by atoms with Crippen LogP contribution in [0.15, 0.2) is 96.1 Å². The average Bonchev–Trinajstić information content (AvgIpc) is 3.57. The average molecular weight is 729 g/mol. The van der Waals surface area contributed by atoms with Crippen LogP contribution in [-0.2, 0) is 15.6 Å². The Morgan fingerprint density at radius 1 is 0.571 bits per heavy atom. The molecule has 0 bridgehead atoms. The summed E-state index contributed by atoms with van der Waals surface area (Å²) < 4.78 is 0.109. The van der Waals surface area contributed by atoms with E-state index >= 15 is 0 Å². The normalized spacial score (nSPS) is 18.7. The van der Waals surface area contributed by atoms with E-state index in [0.717, 1.165) is 45.1 Å². The fraction of sp³-hybridized carbons (Fsp3) is 0.222. The first-order valence-corrected chi connectivity index (χ1v) is 31.9. The first-order chi connectivity index (χ1) is 20.1. The SMILES string of the molecule is CCC1=Cc2c(-c3ccccc3Cl)cccc2[CH]1[Zr]([Cl])([Cl])([CH]1C(CC)=Cc2c(-c3ccccc3Cl)cccc21)[SiH](C)C. The third-order valence-electron chi connectivity index (χ3n) is 9.65. The molecule has 0 saturated carbocycles.